The second-order valence-electron chi connectivity index (χ2n) is 4.32. The first kappa shape index (κ1) is 10.8. The Morgan fingerprint density at radius 1 is 1.46 bits per heavy atom. The lowest BCUT2D eigenvalue weighted by Crippen LogP contribution is -2.30. The molecule has 76 valence electrons. The first-order valence-electron chi connectivity index (χ1n) is 5.52. The fourth-order valence-electron chi connectivity index (χ4n) is 2.35. The zero-order valence-corrected chi connectivity index (χ0v) is 8.92. The molecule has 1 saturated carbocycles. The highest BCUT2D eigenvalue weighted by molar-refractivity contribution is 5.02. The summed E-state index contributed by atoms with van der Waals surface area (Å²) in [6.07, 6.45) is 5.62. The molecule has 0 bridgehead atoms. The van der Waals surface area contributed by atoms with Crippen LogP contribution in [0.3, 0.4) is 0 Å². The van der Waals surface area contributed by atoms with Crippen LogP contribution >= 0.6 is 0 Å². The predicted octanol–water partition coefficient (Wildman–Crippen LogP) is 3.14. The number of rotatable bonds is 3. The summed E-state index contributed by atoms with van der Waals surface area (Å²) < 4.78 is 0. The van der Waals surface area contributed by atoms with Crippen LogP contribution in [-0.2, 0) is 0 Å². The molecule has 1 aliphatic rings. The lowest BCUT2D eigenvalue weighted by molar-refractivity contribution is 0.0489. The van der Waals surface area contributed by atoms with Gasteiger partial charge < -0.3 is 5.11 Å². The highest BCUT2D eigenvalue weighted by atomic mass is 16.3. The van der Waals surface area contributed by atoms with Gasteiger partial charge in [-0.1, -0.05) is 38.8 Å². The fourth-order valence-corrected chi connectivity index (χ4v) is 2.35. The molecule has 13 heavy (non-hydrogen) atoms. The first-order valence-corrected chi connectivity index (χ1v) is 5.52. The van der Waals surface area contributed by atoms with Crippen LogP contribution in [0.5, 0.6) is 0 Å². The van der Waals surface area contributed by atoms with Crippen molar-refractivity contribution in [1.82, 2.24) is 0 Å². The van der Waals surface area contributed by atoms with E-state index in [1.165, 1.54) is 24.8 Å². The van der Waals surface area contributed by atoms with E-state index in [9.17, 15) is 5.11 Å². The van der Waals surface area contributed by atoms with E-state index in [2.05, 4.69) is 20.4 Å². The van der Waals surface area contributed by atoms with Gasteiger partial charge in [-0.25, -0.2) is 0 Å². The monoisotopic (exact) mass is 182 g/mol. The van der Waals surface area contributed by atoms with Gasteiger partial charge in [0.05, 0.1) is 6.10 Å². The van der Waals surface area contributed by atoms with Gasteiger partial charge in [0, 0.05) is 0 Å². The van der Waals surface area contributed by atoms with Gasteiger partial charge in [0.2, 0.25) is 0 Å². The number of hydrogen-bond acceptors (Lipinski definition) is 1. The minimum absolute atomic E-state index is 0.0768. The van der Waals surface area contributed by atoms with Gasteiger partial charge in [0.25, 0.3) is 0 Å². The minimum Gasteiger partial charge on any atom is -0.393 e. The van der Waals surface area contributed by atoms with Crippen LogP contribution in [0.15, 0.2) is 12.2 Å². The largest absolute Gasteiger partial charge is 0.393 e. The van der Waals surface area contributed by atoms with Crippen molar-refractivity contribution in [3.63, 3.8) is 0 Å². The van der Waals surface area contributed by atoms with Gasteiger partial charge in [-0.2, -0.15) is 0 Å². The van der Waals surface area contributed by atoms with Crippen molar-refractivity contribution in [1.29, 1.82) is 0 Å². The molecule has 0 aromatic carbocycles. The van der Waals surface area contributed by atoms with Crippen LogP contribution in [0.1, 0.15) is 46.0 Å². The Morgan fingerprint density at radius 2 is 2.08 bits per heavy atom. The quantitative estimate of drug-likeness (QED) is 0.665. The number of aliphatic hydroxyl groups excluding tert-OH is 1. The zero-order chi connectivity index (χ0) is 9.84. The maximum atomic E-state index is 9.84. The Bertz CT molecular complexity index is 174. The normalized spacial score (nSPS) is 31.3. The van der Waals surface area contributed by atoms with E-state index in [0.29, 0.717) is 11.8 Å². The molecule has 0 aromatic heterocycles. The van der Waals surface area contributed by atoms with E-state index in [1.54, 1.807) is 0 Å². The molecule has 0 spiro atoms. The molecule has 0 aromatic rings. The van der Waals surface area contributed by atoms with Gasteiger partial charge in [0.1, 0.15) is 0 Å². The Kier molecular flexibility index (Phi) is 3.98. The maximum Gasteiger partial charge on any atom is 0.0574 e. The second kappa shape index (κ2) is 4.80. The van der Waals surface area contributed by atoms with Gasteiger partial charge in [-0.15, -0.1) is 0 Å². The van der Waals surface area contributed by atoms with Gasteiger partial charge >= 0.3 is 0 Å². The molecule has 0 heterocycles. The summed E-state index contributed by atoms with van der Waals surface area (Å²) in [7, 11) is 0. The third kappa shape index (κ3) is 2.57. The molecule has 0 saturated heterocycles. The average Bonchev–Trinajstić information content (AvgIpc) is 2.16. The van der Waals surface area contributed by atoms with Gasteiger partial charge in [-0.05, 0) is 31.1 Å². The van der Waals surface area contributed by atoms with Crippen molar-refractivity contribution in [2.24, 2.45) is 11.8 Å². The highest BCUT2D eigenvalue weighted by Crippen LogP contribution is 2.34. The summed E-state index contributed by atoms with van der Waals surface area (Å²) in [5, 5.41) is 9.84. The predicted molar refractivity (Wildman–Crippen MR) is 56.6 cm³/mol. The lowest BCUT2D eigenvalue weighted by atomic mass is 9.75. The van der Waals surface area contributed by atoms with E-state index in [4.69, 9.17) is 0 Å². The van der Waals surface area contributed by atoms with Crippen molar-refractivity contribution in [3.8, 4) is 0 Å². The standard InChI is InChI=1S/C12H22O/c1-4-9(2)10(3)11-7-5-6-8-12(11)13/h10-13H,2,4-8H2,1,3H3. The highest BCUT2D eigenvalue weighted by Gasteiger charge is 2.28. The third-order valence-corrected chi connectivity index (χ3v) is 3.52. The molecular weight excluding hydrogens is 160 g/mol. The van der Waals surface area contributed by atoms with Crippen LogP contribution in [0.2, 0.25) is 0 Å². The van der Waals surface area contributed by atoms with Gasteiger partial charge in [0.15, 0.2) is 0 Å². The molecule has 1 nitrogen and oxygen atoms in total. The molecule has 1 heteroatoms. The summed E-state index contributed by atoms with van der Waals surface area (Å²) in [6.45, 7) is 8.43. The summed E-state index contributed by atoms with van der Waals surface area (Å²) in [5.41, 5.74) is 1.30. The van der Waals surface area contributed by atoms with Crippen molar-refractivity contribution in [3.05, 3.63) is 12.2 Å². The summed E-state index contributed by atoms with van der Waals surface area (Å²) in [4.78, 5) is 0. The lowest BCUT2D eigenvalue weighted by Gasteiger charge is -2.33. The maximum absolute atomic E-state index is 9.84. The molecule has 3 atom stereocenters. The molecule has 1 rings (SSSR count). The topological polar surface area (TPSA) is 20.2 Å². The van der Waals surface area contributed by atoms with Crippen LogP contribution < -0.4 is 0 Å². The number of hydrogen-bond donors (Lipinski definition) is 1. The zero-order valence-electron chi connectivity index (χ0n) is 8.92. The van der Waals surface area contributed by atoms with Crippen LogP contribution in [-0.4, -0.2) is 11.2 Å². The molecule has 1 N–H and O–H groups in total. The first-order chi connectivity index (χ1) is 6.16. The summed E-state index contributed by atoms with van der Waals surface area (Å²) in [5.74, 6) is 0.974. The third-order valence-electron chi connectivity index (χ3n) is 3.52. The fraction of sp³-hybridized carbons (Fsp3) is 0.833. The molecule has 1 aliphatic carbocycles. The SMILES string of the molecule is C=C(CC)C(C)C1CCCCC1O. The second-order valence-corrected chi connectivity index (χ2v) is 4.32. The van der Waals surface area contributed by atoms with Crippen LogP contribution in [0.4, 0.5) is 0 Å². The van der Waals surface area contributed by atoms with E-state index >= 15 is 0 Å². The van der Waals surface area contributed by atoms with Crippen LogP contribution in [0, 0.1) is 11.8 Å². The van der Waals surface area contributed by atoms with Crippen molar-refractivity contribution in [2.75, 3.05) is 0 Å². The average molecular weight is 182 g/mol. The Labute approximate surface area is 81.9 Å². The van der Waals surface area contributed by atoms with Gasteiger partial charge in [-0.3, -0.25) is 0 Å². The summed E-state index contributed by atoms with van der Waals surface area (Å²) in [6, 6.07) is 0. The smallest absolute Gasteiger partial charge is 0.0574 e. The molecule has 0 amide bonds. The molecule has 3 unspecified atom stereocenters. The van der Waals surface area contributed by atoms with Crippen LogP contribution in [0.25, 0.3) is 0 Å². The minimum atomic E-state index is -0.0768. The van der Waals surface area contributed by atoms with E-state index in [0.717, 1.165) is 12.8 Å². The Balaban J connectivity index is 2.53. The number of allylic oxidation sites excluding steroid dienone is 1. The van der Waals surface area contributed by atoms with Crippen molar-refractivity contribution < 1.29 is 5.11 Å². The van der Waals surface area contributed by atoms with E-state index < -0.39 is 0 Å². The van der Waals surface area contributed by atoms with Crippen molar-refractivity contribution >= 4 is 0 Å². The van der Waals surface area contributed by atoms with Crippen molar-refractivity contribution in [2.45, 2.75) is 52.1 Å². The number of aliphatic hydroxyl groups is 1. The summed E-state index contributed by atoms with van der Waals surface area (Å²) >= 11 is 0. The Hall–Kier alpha value is -0.300. The molecule has 1 fully saturated rings. The molecular formula is C12H22O. The van der Waals surface area contributed by atoms with E-state index in [-0.39, 0.29) is 6.10 Å². The molecule has 0 radical (unpaired) electrons. The van der Waals surface area contributed by atoms with E-state index in [1.807, 2.05) is 0 Å². The molecule has 0 aliphatic heterocycles. The Morgan fingerprint density at radius 3 is 2.62 bits per heavy atom.